The van der Waals surface area contributed by atoms with E-state index in [4.69, 9.17) is 9.47 Å². The molecule has 8 nitrogen and oxygen atoms in total. The van der Waals surface area contributed by atoms with E-state index in [1.165, 1.54) is 7.11 Å². The molecule has 0 saturated heterocycles. The fourth-order valence-electron chi connectivity index (χ4n) is 2.59. The zero-order valence-electron chi connectivity index (χ0n) is 18.8. The highest BCUT2D eigenvalue weighted by Gasteiger charge is 2.26. The number of methoxy groups -OCH3 is 1. The van der Waals surface area contributed by atoms with Gasteiger partial charge in [0.25, 0.3) is 5.91 Å². The van der Waals surface area contributed by atoms with Crippen molar-refractivity contribution in [3.05, 3.63) is 71.7 Å². The van der Waals surface area contributed by atoms with Crippen LogP contribution in [-0.2, 0) is 9.53 Å². The smallest absolute Gasteiger partial charge is 0.359 e. The first kappa shape index (κ1) is 23.8. The maximum atomic E-state index is 13.1. The minimum absolute atomic E-state index is 0.0538. The molecule has 0 aliphatic heterocycles. The van der Waals surface area contributed by atoms with Crippen LogP contribution >= 0.6 is 0 Å². The normalized spacial score (nSPS) is 12.0. The molecule has 0 fully saturated rings. The van der Waals surface area contributed by atoms with E-state index in [9.17, 15) is 9.59 Å². The summed E-state index contributed by atoms with van der Waals surface area (Å²) < 4.78 is 10.9. The minimum atomic E-state index is -0.726. The van der Waals surface area contributed by atoms with Crippen LogP contribution in [0, 0.1) is 0 Å². The molecule has 0 saturated carbocycles. The highest BCUT2D eigenvalue weighted by molar-refractivity contribution is 6.00. The van der Waals surface area contributed by atoms with Crippen LogP contribution in [0.25, 0.3) is 0 Å². The minimum Gasteiger partial charge on any atom is -0.496 e. The summed E-state index contributed by atoms with van der Waals surface area (Å²) in [5.74, 6) is -0.517. The summed E-state index contributed by atoms with van der Waals surface area (Å²) in [6.45, 7) is 5.33. The van der Waals surface area contributed by atoms with Gasteiger partial charge in [0, 0.05) is 19.8 Å². The topological polar surface area (TPSA) is 91.9 Å². The maximum absolute atomic E-state index is 13.1. The molecule has 0 heterocycles. The maximum Gasteiger partial charge on any atom is 0.359 e. The van der Waals surface area contributed by atoms with Gasteiger partial charge in [0.15, 0.2) is 11.5 Å². The molecule has 2 rings (SSSR count). The predicted molar refractivity (Wildman–Crippen MR) is 120 cm³/mol. The Bertz CT molecular complexity index is 934. The number of hydrogen-bond donors (Lipinski definition) is 3. The molecule has 0 bridgehead atoms. The predicted octanol–water partition coefficient (Wildman–Crippen LogP) is 3.11. The monoisotopic (exact) mass is 426 g/mol. The number of benzene rings is 2. The van der Waals surface area contributed by atoms with Crippen molar-refractivity contribution in [2.24, 2.45) is 0 Å². The van der Waals surface area contributed by atoms with Crippen molar-refractivity contribution < 1.29 is 19.1 Å². The third kappa shape index (κ3) is 7.35. The van der Waals surface area contributed by atoms with Crippen molar-refractivity contribution in [1.29, 1.82) is 0 Å². The number of ether oxygens (including phenoxy) is 2. The van der Waals surface area contributed by atoms with Gasteiger partial charge in [0.1, 0.15) is 11.4 Å². The van der Waals surface area contributed by atoms with E-state index >= 15 is 0 Å². The Balaban J connectivity index is 2.50. The largest absolute Gasteiger partial charge is 0.496 e. The summed E-state index contributed by atoms with van der Waals surface area (Å²) in [5.41, 5.74) is 3.30. The van der Waals surface area contributed by atoms with Crippen LogP contribution in [0.4, 0.5) is 5.69 Å². The van der Waals surface area contributed by atoms with Crippen LogP contribution in [0.1, 0.15) is 31.1 Å². The van der Waals surface area contributed by atoms with Gasteiger partial charge >= 0.3 is 5.97 Å². The molecule has 3 N–H and O–H groups in total. The van der Waals surface area contributed by atoms with E-state index in [2.05, 4.69) is 16.1 Å². The van der Waals surface area contributed by atoms with Crippen LogP contribution in [0.15, 0.2) is 66.1 Å². The fourth-order valence-corrected chi connectivity index (χ4v) is 2.59. The number of nitrogens with one attached hydrogen (secondary N) is 3. The van der Waals surface area contributed by atoms with Gasteiger partial charge in [0.2, 0.25) is 0 Å². The van der Waals surface area contributed by atoms with Crippen LogP contribution in [0.5, 0.6) is 5.75 Å². The molecule has 0 unspecified atom stereocenters. The second-order valence-corrected chi connectivity index (χ2v) is 7.90. The second-order valence-electron chi connectivity index (χ2n) is 7.90. The van der Waals surface area contributed by atoms with Gasteiger partial charge in [-0.25, -0.2) is 9.80 Å². The molecule has 0 aromatic heterocycles. The molecule has 2 aromatic carbocycles. The van der Waals surface area contributed by atoms with Gasteiger partial charge in [-0.3, -0.25) is 4.79 Å². The number of amides is 1. The lowest BCUT2D eigenvalue weighted by Crippen LogP contribution is -2.42. The first-order chi connectivity index (χ1) is 14.6. The van der Waals surface area contributed by atoms with E-state index in [0.29, 0.717) is 17.0 Å². The van der Waals surface area contributed by atoms with E-state index in [0.717, 1.165) is 0 Å². The van der Waals surface area contributed by atoms with Crippen LogP contribution in [0.3, 0.4) is 0 Å². The number of carbonyl (C=O) groups excluding carboxylic acids is 2. The number of rotatable bonds is 8. The zero-order valence-corrected chi connectivity index (χ0v) is 18.8. The van der Waals surface area contributed by atoms with Crippen molar-refractivity contribution in [3.63, 3.8) is 0 Å². The summed E-state index contributed by atoms with van der Waals surface area (Å²) >= 11 is 0. The van der Waals surface area contributed by atoms with Crippen molar-refractivity contribution >= 4 is 17.6 Å². The molecule has 0 aliphatic rings. The fraction of sp³-hybridized carbons (Fsp3) is 0.304. The number of anilines is 1. The van der Waals surface area contributed by atoms with Crippen molar-refractivity contribution in [2.75, 3.05) is 26.5 Å². The number of nitrogens with zero attached hydrogens (tertiary/aromatic N) is 1. The van der Waals surface area contributed by atoms with Crippen molar-refractivity contribution in [2.45, 2.75) is 26.4 Å². The Hall–Kier alpha value is -3.52. The van der Waals surface area contributed by atoms with Gasteiger partial charge < -0.3 is 25.5 Å². The summed E-state index contributed by atoms with van der Waals surface area (Å²) in [6.07, 6.45) is 0. The Morgan fingerprint density at radius 1 is 0.935 bits per heavy atom. The average molecular weight is 427 g/mol. The van der Waals surface area contributed by atoms with Crippen molar-refractivity contribution in [1.82, 2.24) is 15.8 Å². The number of para-hydroxylation sites is 2. The first-order valence-electron chi connectivity index (χ1n) is 9.78. The summed E-state index contributed by atoms with van der Waals surface area (Å²) in [4.78, 5) is 26.1. The van der Waals surface area contributed by atoms with E-state index < -0.39 is 17.5 Å². The molecule has 0 atom stereocenters. The van der Waals surface area contributed by atoms with Gasteiger partial charge in [0.05, 0.1) is 12.7 Å². The molecule has 0 radical (unpaired) electrons. The van der Waals surface area contributed by atoms with E-state index in [1.807, 2.05) is 18.2 Å². The molecule has 2 aromatic rings. The molecular weight excluding hydrogens is 396 g/mol. The van der Waals surface area contributed by atoms with Gasteiger partial charge in [-0.15, -0.1) is 0 Å². The van der Waals surface area contributed by atoms with Crippen LogP contribution in [0.2, 0.25) is 0 Å². The highest BCUT2D eigenvalue weighted by Crippen LogP contribution is 2.19. The number of esters is 1. The molecule has 8 heteroatoms. The Morgan fingerprint density at radius 2 is 1.55 bits per heavy atom. The van der Waals surface area contributed by atoms with Crippen LogP contribution < -0.4 is 20.8 Å². The molecule has 0 spiro atoms. The quantitative estimate of drug-likeness (QED) is 0.339. The molecule has 31 heavy (non-hydrogen) atoms. The van der Waals surface area contributed by atoms with E-state index in [-0.39, 0.29) is 11.5 Å². The lowest BCUT2D eigenvalue weighted by Gasteiger charge is -2.25. The molecular formula is C23H30N4O4. The summed E-state index contributed by atoms with van der Waals surface area (Å²) in [5, 5.41) is 7.44. The Morgan fingerprint density at radius 3 is 2.13 bits per heavy atom. The second kappa shape index (κ2) is 10.5. The lowest BCUT2D eigenvalue weighted by molar-refractivity contribution is -0.149. The number of carbonyl (C=O) groups is 2. The third-order valence-electron chi connectivity index (χ3n) is 3.82. The summed E-state index contributed by atoms with van der Waals surface area (Å²) in [7, 11) is 4.97. The number of hydrogen-bond acceptors (Lipinski definition) is 7. The van der Waals surface area contributed by atoms with Gasteiger partial charge in [-0.05, 0) is 45.0 Å². The number of hydrazine groups is 1. The first-order valence-corrected chi connectivity index (χ1v) is 9.78. The molecule has 1 amide bonds. The standard InChI is InChI=1S/C23H30N4O4/c1-23(2,3)31-22(29)19(24-16-12-8-7-9-13-16)20(26-27(4)5)25-21(28)17-14-10-11-15-18(17)30-6/h7-15,24,26H,1-6H3,(H,25,28)/b20-19-. The lowest BCUT2D eigenvalue weighted by atomic mass is 10.2. The Kier molecular flexibility index (Phi) is 8.04. The van der Waals surface area contributed by atoms with Gasteiger partial charge in [-0.1, -0.05) is 30.3 Å². The Labute approximate surface area is 183 Å². The molecule has 0 aliphatic carbocycles. The summed E-state index contributed by atoms with van der Waals surface area (Å²) in [6, 6.07) is 16.0. The van der Waals surface area contributed by atoms with Crippen LogP contribution in [-0.4, -0.2) is 43.7 Å². The SMILES string of the molecule is COc1ccccc1C(=O)N/C(NN(C)C)=C(/Nc1ccccc1)C(=O)OC(C)(C)C. The third-order valence-corrected chi connectivity index (χ3v) is 3.82. The average Bonchev–Trinajstić information content (AvgIpc) is 2.70. The van der Waals surface area contributed by atoms with Crippen molar-refractivity contribution in [3.8, 4) is 5.75 Å². The molecule has 166 valence electrons. The van der Waals surface area contributed by atoms with E-state index in [1.54, 1.807) is 76.3 Å². The highest BCUT2D eigenvalue weighted by atomic mass is 16.6. The zero-order chi connectivity index (χ0) is 23.0. The van der Waals surface area contributed by atoms with Gasteiger partial charge in [-0.2, -0.15) is 0 Å².